The Labute approximate surface area is 164 Å². The van der Waals surface area contributed by atoms with Crippen LogP contribution in [0.4, 0.5) is 4.79 Å². The van der Waals surface area contributed by atoms with Crippen LogP contribution < -0.4 is 0 Å². The first kappa shape index (κ1) is 19.0. The number of amides is 1. The van der Waals surface area contributed by atoms with Gasteiger partial charge in [0, 0.05) is 10.5 Å². The van der Waals surface area contributed by atoms with Crippen LogP contribution in [0.3, 0.4) is 0 Å². The Morgan fingerprint density at radius 2 is 1.88 bits per heavy atom. The van der Waals surface area contributed by atoms with Gasteiger partial charge in [0.1, 0.15) is 6.10 Å². The zero-order valence-corrected chi connectivity index (χ0v) is 17.3. The molecular weight excluding hydrogens is 390 g/mol. The first-order valence-electron chi connectivity index (χ1n) is 9.35. The number of benzene rings is 2. The van der Waals surface area contributed by atoms with Crippen molar-refractivity contribution < 1.29 is 9.53 Å². The highest BCUT2D eigenvalue weighted by molar-refractivity contribution is 9.10. The number of aryl methyl sites for hydroxylation is 2. The van der Waals surface area contributed by atoms with Gasteiger partial charge in [-0.25, -0.2) is 4.79 Å². The van der Waals surface area contributed by atoms with Gasteiger partial charge >= 0.3 is 6.09 Å². The molecule has 0 aliphatic carbocycles. The van der Waals surface area contributed by atoms with Gasteiger partial charge in [0.25, 0.3) is 0 Å². The minimum absolute atomic E-state index is 0.0886. The molecule has 1 fully saturated rings. The highest BCUT2D eigenvalue weighted by atomic mass is 79.9. The van der Waals surface area contributed by atoms with Crippen LogP contribution in [0.2, 0.25) is 0 Å². The maximum atomic E-state index is 12.4. The molecule has 0 N–H and O–H groups in total. The van der Waals surface area contributed by atoms with Crippen molar-refractivity contribution in [3.05, 3.63) is 69.2 Å². The molecule has 2 aromatic carbocycles. The van der Waals surface area contributed by atoms with Gasteiger partial charge in [0.05, 0.1) is 6.54 Å². The summed E-state index contributed by atoms with van der Waals surface area (Å²) in [5.41, 5.74) is 4.88. The van der Waals surface area contributed by atoms with Crippen LogP contribution in [-0.4, -0.2) is 23.6 Å². The smallest absolute Gasteiger partial charge is 0.410 e. The van der Waals surface area contributed by atoms with Crippen molar-refractivity contribution >= 4 is 22.0 Å². The number of carbonyl (C=O) groups excluding carboxylic acids is 1. The Kier molecular flexibility index (Phi) is 6.02. The summed E-state index contributed by atoms with van der Waals surface area (Å²) in [5, 5.41) is 0. The molecule has 1 amide bonds. The maximum Gasteiger partial charge on any atom is 0.410 e. The van der Waals surface area contributed by atoms with Crippen LogP contribution in [0.15, 0.2) is 46.9 Å². The van der Waals surface area contributed by atoms with Crippen LogP contribution in [0.5, 0.6) is 0 Å². The van der Waals surface area contributed by atoms with E-state index in [1.54, 1.807) is 0 Å². The van der Waals surface area contributed by atoms with E-state index < -0.39 is 0 Å². The third kappa shape index (κ3) is 4.12. The highest BCUT2D eigenvalue weighted by Crippen LogP contribution is 2.30. The number of carbonyl (C=O) groups is 1. The Morgan fingerprint density at radius 3 is 2.58 bits per heavy atom. The van der Waals surface area contributed by atoms with Gasteiger partial charge in [-0.05, 0) is 54.5 Å². The summed E-state index contributed by atoms with van der Waals surface area (Å²) in [6, 6.07) is 14.9. The van der Waals surface area contributed by atoms with Gasteiger partial charge in [-0.2, -0.15) is 0 Å². The van der Waals surface area contributed by atoms with Crippen LogP contribution in [0, 0.1) is 0 Å². The SMILES string of the molecule is CCc1cccc([C@@H]2CN([C@H](C)Cc3ccc(CC)cc3Br)C(=O)O2)c1. The fraction of sp³-hybridized carbons (Fsp3) is 0.409. The molecule has 0 spiro atoms. The molecule has 1 heterocycles. The average Bonchev–Trinajstić information content (AvgIpc) is 3.05. The lowest BCUT2D eigenvalue weighted by molar-refractivity contribution is 0.129. The van der Waals surface area contributed by atoms with E-state index in [0.29, 0.717) is 6.54 Å². The number of nitrogens with zero attached hydrogens (tertiary/aromatic N) is 1. The Hall–Kier alpha value is -1.81. The van der Waals surface area contributed by atoms with Crippen molar-refractivity contribution in [3.63, 3.8) is 0 Å². The fourth-order valence-corrected chi connectivity index (χ4v) is 4.02. The lowest BCUT2D eigenvalue weighted by atomic mass is 10.0. The minimum atomic E-state index is -0.217. The van der Waals surface area contributed by atoms with Crippen molar-refractivity contribution in [2.45, 2.75) is 52.2 Å². The highest BCUT2D eigenvalue weighted by Gasteiger charge is 2.35. The first-order valence-corrected chi connectivity index (χ1v) is 10.1. The predicted octanol–water partition coefficient (Wildman–Crippen LogP) is 5.70. The number of cyclic esters (lactones) is 1. The van der Waals surface area contributed by atoms with Crippen LogP contribution in [0.1, 0.15) is 49.1 Å². The van der Waals surface area contributed by atoms with Gasteiger partial charge in [0.15, 0.2) is 0 Å². The number of rotatable bonds is 6. The molecule has 2 atom stereocenters. The van der Waals surface area contributed by atoms with Crippen LogP contribution in [0.25, 0.3) is 0 Å². The van der Waals surface area contributed by atoms with E-state index in [-0.39, 0.29) is 18.2 Å². The number of hydrogen-bond acceptors (Lipinski definition) is 2. The molecular formula is C22H26BrNO2. The lowest BCUT2D eigenvalue weighted by Gasteiger charge is -2.22. The Balaban J connectivity index is 1.70. The van der Waals surface area contributed by atoms with E-state index in [4.69, 9.17) is 4.74 Å². The van der Waals surface area contributed by atoms with Crippen molar-refractivity contribution in [2.75, 3.05) is 6.54 Å². The molecule has 0 aromatic heterocycles. The summed E-state index contributed by atoms with van der Waals surface area (Å²) in [6.45, 7) is 6.98. The lowest BCUT2D eigenvalue weighted by Crippen LogP contribution is -2.35. The zero-order chi connectivity index (χ0) is 18.7. The standard InChI is InChI=1S/C22H26BrNO2/c1-4-16-7-6-8-19(12-16)21-14-24(22(25)26-21)15(3)11-18-10-9-17(5-2)13-20(18)23/h6-10,12-13,15,21H,4-5,11,14H2,1-3H3/t15-,21+/m1/s1. The van der Waals surface area contributed by atoms with Gasteiger partial charge in [0.2, 0.25) is 0 Å². The molecule has 0 radical (unpaired) electrons. The molecule has 2 aromatic rings. The van der Waals surface area contributed by atoms with E-state index in [9.17, 15) is 4.79 Å². The van der Waals surface area contributed by atoms with Crippen LogP contribution in [-0.2, 0) is 24.0 Å². The molecule has 0 saturated carbocycles. The fourth-order valence-electron chi connectivity index (χ4n) is 3.43. The molecule has 0 unspecified atom stereocenters. The van der Waals surface area contributed by atoms with Gasteiger partial charge in [-0.1, -0.05) is 66.2 Å². The maximum absolute atomic E-state index is 12.4. The largest absolute Gasteiger partial charge is 0.439 e. The summed E-state index contributed by atoms with van der Waals surface area (Å²) in [5.74, 6) is 0. The van der Waals surface area contributed by atoms with Crippen molar-refractivity contribution in [2.24, 2.45) is 0 Å². The second-order valence-corrected chi connectivity index (χ2v) is 7.81. The van der Waals surface area contributed by atoms with Crippen LogP contribution >= 0.6 is 15.9 Å². The number of halogens is 1. The Bertz CT molecular complexity index is 789. The van der Waals surface area contributed by atoms with Crippen molar-refractivity contribution in [1.29, 1.82) is 0 Å². The molecule has 1 saturated heterocycles. The molecule has 26 heavy (non-hydrogen) atoms. The zero-order valence-electron chi connectivity index (χ0n) is 15.7. The molecule has 3 nitrogen and oxygen atoms in total. The quantitative estimate of drug-likeness (QED) is 0.605. The van der Waals surface area contributed by atoms with Gasteiger partial charge < -0.3 is 9.64 Å². The summed E-state index contributed by atoms with van der Waals surface area (Å²) in [6.07, 6.45) is 2.41. The molecule has 138 valence electrons. The number of hydrogen-bond donors (Lipinski definition) is 0. The monoisotopic (exact) mass is 415 g/mol. The summed E-state index contributed by atoms with van der Waals surface area (Å²) >= 11 is 3.67. The van der Waals surface area contributed by atoms with E-state index in [2.05, 4.69) is 67.0 Å². The third-order valence-electron chi connectivity index (χ3n) is 5.14. The van der Waals surface area contributed by atoms with E-state index in [1.165, 1.54) is 16.7 Å². The summed E-state index contributed by atoms with van der Waals surface area (Å²) in [4.78, 5) is 14.3. The predicted molar refractivity (Wildman–Crippen MR) is 108 cm³/mol. The van der Waals surface area contributed by atoms with Crippen molar-refractivity contribution in [3.8, 4) is 0 Å². The minimum Gasteiger partial charge on any atom is -0.439 e. The van der Waals surface area contributed by atoms with Gasteiger partial charge in [-0.3, -0.25) is 0 Å². The normalized spacial score (nSPS) is 18.1. The summed E-state index contributed by atoms with van der Waals surface area (Å²) < 4.78 is 6.77. The topological polar surface area (TPSA) is 29.5 Å². The molecule has 1 aliphatic heterocycles. The van der Waals surface area contributed by atoms with Crippen molar-refractivity contribution in [1.82, 2.24) is 4.90 Å². The number of ether oxygens (including phenoxy) is 1. The molecule has 4 heteroatoms. The average molecular weight is 416 g/mol. The third-order valence-corrected chi connectivity index (χ3v) is 5.88. The summed E-state index contributed by atoms with van der Waals surface area (Å²) in [7, 11) is 0. The van der Waals surface area contributed by atoms with Gasteiger partial charge in [-0.15, -0.1) is 0 Å². The van der Waals surface area contributed by atoms with E-state index in [1.807, 2.05) is 17.0 Å². The van der Waals surface area contributed by atoms with E-state index in [0.717, 1.165) is 29.3 Å². The first-order chi connectivity index (χ1) is 12.5. The van der Waals surface area contributed by atoms with E-state index >= 15 is 0 Å². The second kappa shape index (κ2) is 8.26. The molecule has 3 rings (SSSR count). The second-order valence-electron chi connectivity index (χ2n) is 6.96. The molecule has 1 aliphatic rings. The Morgan fingerprint density at radius 1 is 1.15 bits per heavy atom. The molecule has 0 bridgehead atoms.